The number of carbonyl (C=O) groups is 2. The third-order valence-electron chi connectivity index (χ3n) is 7.63. The molecule has 4 heterocycles. The van der Waals surface area contributed by atoms with Gasteiger partial charge in [0.25, 0.3) is 11.8 Å². The zero-order valence-electron chi connectivity index (χ0n) is 21.1. The minimum Gasteiger partial charge on any atom is -0.489 e. The van der Waals surface area contributed by atoms with Gasteiger partial charge in [0, 0.05) is 50.9 Å². The maximum absolute atomic E-state index is 13.3. The summed E-state index contributed by atoms with van der Waals surface area (Å²) in [7, 11) is 1.68. The van der Waals surface area contributed by atoms with E-state index in [9.17, 15) is 14.0 Å². The Morgan fingerprint density at radius 3 is 2.71 bits per heavy atom. The molecule has 2 saturated heterocycles. The number of hydrogen-bond donors (Lipinski definition) is 2. The fourth-order valence-corrected chi connectivity index (χ4v) is 5.35. The molecule has 0 saturated carbocycles. The molecule has 2 aromatic carbocycles. The standard InChI is InChI=1S/C27H29FN6O4/c1-33-21-13-19(34-15-27(16-34)8-10-37-11-9-27)6-7-22(21)38-14-20(26(33)36)29-25(35)24-30-23(31-32-24)12-17-2-4-18(28)5-3-17/h2-7,13,20H,8-12,14-16H2,1H3,(H,29,35)(H,30,31,32)/t20-/m0/s1. The molecule has 2 amide bonds. The molecule has 0 bridgehead atoms. The molecule has 0 unspecified atom stereocenters. The molecule has 3 aliphatic rings. The Morgan fingerprint density at radius 1 is 1.18 bits per heavy atom. The average molecular weight is 521 g/mol. The van der Waals surface area contributed by atoms with Crippen LogP contribution in [0.15, 0.2) is 42.5 Å². The normalized spacial score (nSPS) is 20.4. The summed E-state index contributed by atoms with van der Waals surface area (Å²) in [6.07, 6.45) is 2.52. The molecule has 198 valence electrons. The summed E-state index contributed by atoms with van der Waals surface area (Å²) in [6, 6.07) is 11.0. The Bertz CT molecular complexity index is 1350. The summed E-state index contributed by atoms with van der Waals surface area (Å²) in [5, 5.41) is 9.41. The zero-order valence-corrected chi connectivity index (χ0v) is 21.1. The predicted octanol–water partition coefficient (Wildman–Crippen LogP) is 2.31. The van der Waals surface area contributed by atoms with Crippen LogP contribution in [0.2, 0.25) is 0 Å². The van der Waals surface area contributed by atoms with Crippen molar-refractivity contribution in [3.8, 4) is 5.75 Å². The average Bonchev–Trinajstić information content (AvgIpc) is 3.35. The summed E-state index contributed by atoms with van der Waals surface area (Å²) < 4.78 is 24.6. The van der Waals surface area contributed by atoms with Crippen molar-refractivity contribution in [3.63, 3.8) is 0 Å². The first-order valence-electron chi connectivity index (χ1n) is 12.7. The van der Waals surface area contributed by atoms with Gasteiger partial charge in [-0.15, -0.1) is 5.10 Å². The van der Waals surface area contributed by atoms with Gasteiger partial charge in [0.15, 0.2) is 0 Å². The lowest BCUT2D eigenvalue weighted by atomic mass is 9.73. The Balaban J connectivity index is 1.10. The van der Waals surface area contributed by atoms with Crippen LogP contribution in [-0.2, 0) is 16.0 Å². The number of hydrogen-bond acceptors (Lipinski definition) is 7. The van der Waals surface area contributed by atoms with Crippen molar-refractivity contribution >= 4 is 23.2 Å². The van der Waals surface area contributed by atoms with Gasteiger partial charge >= 0.3 is 0 Å². The van der Waals surface area contributed by atoms with Crippen molar-refractivity contribution in [2.45, 2.75) is 25.3 Å². The van der Waals surface area contributed by atoms with E-state index in [1.54, 1.807) is 19.2 Å². The summed E-state index contributed by atoms with van der Waals surface area (Å²) in [5.41, 5.74) is 2.86. The first-order chi connectivity index (χ1) is 18.4. The maximum atomic E-state index is 13.3. The number of ether oxygens (including phenoxy) is 2. The summed E-state index contributed by atoms with van der Waals surface area (Å²) in [6.45, 7) is 3.58. The summed E-state index contributed by atoms with van der Waals surface area (Å²) >= 11 is 0. The Kier molecular flexibility index (Phi) is 6.22. The topological polar surface area (TPSA) is 113 Å². The van der Waals surface area contributed by atoms with Crippen LogP contribution in [0.4, 0.5) is 15.8 Å². The van der Waals surface area contributed by atoms with Gasteiger partial charge in [0.2, 0.25) is 5.82 Å². The molecule has 3 aliphatic heterocycles. The van der Waals surface area contributed by atoms with Crippen LogP contribution in [0.1, 0.15) is 34.8 Å². The number of fused-ring (bicyclic) bond motifs is 1. The molecule has 1 spiro atoms. The van der Waals surface area contributed by atoms with Gasteiger partial charge in [0.1, 0.15) is 30.0 Å². The van der Waals surface area contributed by atoms with Gasteiger partial charge in [-0.2, -0.15) is 0 Å². The number of nitrogens with zero attached hydrogens (tertiary/aromatic N) is 4. The first kappa shape index (κ1) is 24.4. The lowest BCUT2D eigenvalue weighted by molar-refractivity contribution is -0.120. The van der Waals surface area contributed by atoms with Crippen LogP contribution in [0.25, 0.3) is 0 Å². The number of amides is 2. The third-order valence-corrected chi connectivity index (χ3v) is 7.63. The Hall–Kier alpha value is -3.99. The molecule has 2 fully saturated rings. The highest BCUT2D eigenvalue weighted by molar-refractivity contribution is 6.02. The molecule has 0 radical (unpaired) electrons. The number of H-pyrrole nitrogens is 1. The van der Waals surface area contributed by atoms with Gasteiger partial charge < -0.3 is 24.6 Å². The molecular weight excluding hydrogens is 491 g/mol. The van der Waals surface area contributed by atoms with Crippen LogP contribution in [0.3, 0.4) is 0 Å². The van der Waals surface area contributed by atoms with Crippen molar-refractivity contribution in [3.05, 3.63) is 65.5 Å². The predicted molar refractivity (Wildman–Crippen MR) is 137 cm³/mol. The smallest absolute Gasteiger partial charge is 0.291 e. The van der Waals surface area contributed by atoms with Gasteiger partial charge in [-0.25, -0.2) is 9.37 Å². The minimum absolute atomic E-state index is 0.0130. The zero-order chi connectivity index (χ0) is 26.3. The van der Waals surface area contributed by atoms with Gasteiger partial charge in [-0.1, -0.05) is 12.1 Å². The molecule has 2 N–H and O–H groups in total. The number of aromatic amines is 1. The van der Waals surface area contributed by atoms with Crippen LogP contribution >= 0.6 is 0 Å². The molecule has 1 atom stereocenters. The van der Waals surface area contributed by atoms with E-state index in [1.165, 1.54) is 17.0 Å². The van der Waals surface area contributed by atoms with Crippen molar-refractivity contribution in [1.82, 2.24) is 20.5 Å². The number of carbonyl (C=O) groups excluding carboxylic acids is 2. The second kappa shape index (κ2) is 9.71. The maximum Gasteiger partial charge on any atom is 0.291 e. The van der Waals surface area contributed by atoms with Crippen molar-refractivity contribution in [2.24, 2.45) is 5.41 Å². The van der Waals surface area contributed by atoms with Crippen LogP contribution in [0.5, 0.6) is 5.75 Å². The van der Waals surface area contributed by atoms with Crippen LogP contribution in [0, 0.1) is 11.2 Å². The Morgan fingerprint density at radius 2 is 1.95 bits per heavy atom. The van der Waals surface area contributed by atoms with Gasteiger partial charge in [-0.05, 0) is 48.7 Å². The van der Waals surface area contributed by atoms with Crippen molar-refractivity contribution in [1.29, 1.82) is 0 Å². The van der Waals surface area contributed by atoms with E-state index < -0.39 is 11.9 Å². The van der Waals surface area contributed by atoms with Gasteiger partial charge in [-0.3, -0.25) is 14.7 Å². The van der Waals surface area contributed by atoms with Crippen molar-refractivity contribution < 1.29 is 23.5 Å². The van der Waals surface area contributed by atoms with E-state index in [1.807, 2.05) is 18.2 Å². The number of likely N-dealkylation sites (N-methyl/N-ethyl adjacent to an activating group) is 1. The number of nitrogens with one attached hydrogen (secondary N) is 2. The number of rotatable bonds is 5. The Labute approximate surface area is 219 Å². The summed E-state index contributed by atoms with van der Waals surface area (Å²) in [5.74, 6) is -0.245. The molecule has 3 aromatic rings. The molecule has 1 aromatic heterocycles. The molecule has 0 aliphatic carbocycles. The van der Waals surface area contributed by atoms with Gasteiger partial charge in [0.05, 0.1) is 5.69 Å². The summed E-state index contributed by atoms with van der Waals surface area (Å²) in [4.78, 5) is 34.2. The lowest BCUT2D eigenvalue weighted by Gasteiger charge is -2.53. The molecule has 11 heteroatoms. The minimum atomic E-state index is -0.906. The second-order valence-electron chi connectivity index (χ2n) is 10.3. The number of anilines is 2. The van der Waals surface area contributed by atoms with E-state index in [2.05, 4.69) is 25.4 Å². The van der Waals surface area contributed by atoms with Crippen LogP contribution in [-0.4, -0.2) is 73.0 Å². The second-order valence-corrected chi connectivity index (χ2v) is 10.3. The van der Waals surface area contributed by atoms with Crippen LogP contribution < -0.4 is 19.9 Å². The molecule has 10 nitrogen and oxygen atoms in total. The first-order valence-corrected chi connectivity index (χ1v) is 12.7. The highest BCUT2D eigenvalue weighted by Crippen LogP contribution is 2.44. The van der Waals surface area contributed by atoms with E-state index in [0.717, 1.165) is 50.4 Å². The SMILES string of the molecule is CN1C(=O)[C@@H](NC(=O)c2n[nH]c(Cc3ccc(F)cc3)n2)COc2ccc(N3CC4(CCOCC4)C3)cc21. The van der Waals surface area contributed by atoms with E-state index in [0.29, 0.717) is 29.1 Å². The molecule has 6 rings (SSSR count). The van der Waals surface area contributed by atoms with Crippen molar-refractivity contribution in [2.75, 3.05) is 49.8 Å². The highest BCUT2D eigenvalue weighted by Gasteiger charge is 2.44. The lowest BCUT2D eigenvalue weighted by Crippen LogP contribution is -2.58. The number of benzene rings is 2. The van der Waals surface area contributed by atoms with E-state index >= 15 is 0 Å². The quantitative estimate of drug-likeness (QED) is 0.531. The molecule has 38 heavy (non-hydrogen) atoms. The number of aromatic nitrogens is 3. The fraction of sp³-hybridized carbons (Fsp3) is 0.407. The molecular formula is C27H29FN6O4. The fourth-order valence-electron chi connectivity index (χ4n) is 5.35. The monoisotopic (exact) mass is 520 g/mol. The van der Waals surface area contributed by atoms with E-state index in [-0.39, 0.29) is 24.2 Å². The van der Waals surface area contributed by atoms with E-state index in [4.69, 9.17) is 9.47 Å². The third kappa shape index (κ3) is 4.69. The number of halogens is 1. The highest BCUT2D eigenvalue weighted by atomic mass is 19.1. The largest absolute Gasteiger partial charge is 0.489 e.